The molecule has 1 saturated heterocycles. The van der Waals surface area contributed by atoms with Crippen molar-refractivity contribution in [1.29, 1.82) is 0 Å². The van der Waals surface area contributed by atoms with E-state index in [-0.39, 0.29) is 11.2 Å². The van der Waals surface area contributed by atoms with Gasteiger partial charge in [0.25, 0.3) is 0 Å². The van der Waals surface area contributed by atoms with E-state index in [0.29, 0.717) is 0 Å². The smallest absolute Gasteiger partial charge is 0.427 e. The number of benzene rings is 1. The Hall–Kier alpha value is -2.51. The molecule has 0 atom stereocenters. The van der Waals surface area contributed by atoms with Crippen molar-refractivity contribution in [2.45, 2.75) is 77.8 Å². The first-order valence-electron chi connectivity index (χ1n) is 12.3. The summed E-state index contributed by atoms with van der Waals surface area (Å²) in [5.74, 6) is 0. The van der Waals surface area contributed by atoms with Crippen LogP contribution in [-0.2, 0) is 14.0 Å². The first kappa shape index (κ1) is 26.6. The fraction of sp³-hybridized carbons (Fsp3) is 0.429. The maximum absolute atomic E-state index is 10.3. The molecule has 0 spiro atoms. The molecule has 3 aromatic rings. The number of pyridine rings is 2. The molecule has 2 aromatic heterocycles. The van der Waals surface area contributed by atoms with Crippen LogP contribution >= 0.6 is 0 Å². The predicted molar refractivity (Wildman–Crippen MR) is 145 cm³/mol. The predicted octanol–water partition coefficient (Wildman–Crippen LogP) is 3.92. The summed E-state index contributed by atoms with van der Waals surface area (Å²) in [5, 5.41) is 10.3. The van der Waals surface area contributed by atoms with Crippen LogP contribution in [0.3, 0.4) is 0 Å². The Morgan fingerprint density at radius 2 is 1.47 bits per heavy atom. The molecule has 1 radical (unpaired) electrons. The van der Waals surface area contributed by atoms with Crippen LogP contribution in [0.25, 0.3) is 22.5 Å². The van der Waals surface area contributed by atoms with Crippen LogP contribution in [0, 0.1) is 0 Å². The van der Waals surface area contributed by atoms with Gasteiger partial charge in [-0.1, -0.05) is 35.8 Å². The average Bonchev–Trinajstić information content (AvgIpc) is 3.04. The van der Waals surface area contributed by atoms with Crippen molar-refractivity contribution < 1.29 is 19.1 Å². The Morgan fingerprint density at radius 1 is 0.833 bits per heavy atom. The summed E-state index contributed by atoms with van der Waals surface area (Å²) in [4.78, 5) is 9.23. The van der Waals surface area contributed by atoms with Gasteiger partial charge in [-0.2, -0.15) is 0 Å². The Balaban J connectivity index is 1.46. The number of nitrogens with zero attached hydrogens (tertiary/aromatic N) is 2. The molecule has 1 aliphatic rings. The number of aromatic nitrogens is 2. The molecule has 3 heterocycles. The van der Waals surface area contributed by atoms with Crippen molar-refractivity contribution in [3.05, 3.63) is 60.9 Å². The fourth-order valence-electron chi connectivity index (χ4n) is 3.53. The number of rotatable bonds is 7. The summed E-state index contributed by atoms with van der Waals surface area (Å²) in [7, 11) is 1.25. The standard InChI is InChI=1S/C28H35B2N2O4/c1-25(2,33)26(3,4)34-29-21-11-9-19(10-12-21)24-17-20(15-16-31-24)23-14-13-22(18-32-23)30-35-27(5,6)28(7,8)36-30/h9-18,33H,1-8H3. The first-order chi connectivity index (χ1) is 16.7. The molecule has 1 aromatic carbocycles. The van der Waals surface area contributed by atoms with Crippen LogP contribution in [0.2, 0.25) is 0 Å². The Kier molecular flexibility index (Phi) is 6.95. The van der Waals surface area contributed by atoms with Crippen LogP contribution in [0.15, 0.2) is 60.9 Å². The second kappa shape index (κ2) is 9.42. The minimum absolute atomic E-state index is 0.388. The second-order valence-corrected chi connectivity index (χ2v) is 11.4. The first-order valence-corrected chi connectivity index (χ1v) is 12.3. The van der Waals surface area contributed by atoms with Crippen molar-refractivity contribution in [2.24, 2.45) is 0 Å². The van der Waals surface area contributed by atoms with Crippen molar-refractivity contribution in [1.82, 2.24) is 9.97 Å². The molecule has 0 saturated carbocycles. The van der Waals surface area contributed by atoms with E-state index < -0.39 is 18.3 Å². The van der Waals surface area contributed by atoms with Crippen molar-refractivity contribution in [3.63, 3.8) is 0 Å². The Bertz CT molecular complexity index is 1190. The van der Waals surface area contributed by atoms with E-state index in [9.17, 15) is 5.11 Å². The number of hydrogen-bond acceptors (Lipinski definition) is 6. The average molecular weight is 485 g/mol. The minimum atomic E-state index is -0.968. The maximum atomic E-state index is 10.3. The third-order valence-electron chi connectivity index (χ3n) is 7.54. The highest BCUT2D eigenvalue weighted by Gasteiger charge is 2.51. The lowest BCUT2D eigenvalue weighted by atomic mass is 9.80. The quantitative estimate of drug-likeness (QED) is 0.512. The highest BCUT2D eigenvalue weighted by atomic mass is 16.7. The van der Waals surface area contributed by atoms with Gasteiger partial charge in [0.2, 0.25) is 0 Å². The SMILES string of the molecule is CC(C)(O)C(C)(C)O[B]c1ccc(-c2cc(-c3ccc(B4OC(C)(C)C(C)(C)O4)cn3)ccn2)cc1. The van der Waals surface area contributed by atoms with Crippen LogP contribution in [0.1, 0.15) is 55.4 Å². The van der Waals surface area contributed by atoms with Gasteiger partial charge in [0.15, 0.2) is 0 Å². The molecule has 36 heavy (non-hydrogen) atoms. The molecule has 4 rings (SSSR count). The molecule has 187 valence electrons. The second-order valence-electron chi connectivity index (χ2n) is 11.4. The summed E-state index contributed by atoms with van der Waals surface area (Å²) in [6.07, 6.45) is 3.61. The van der Waals surface area contributed by atoms with E-state index >= 15 is 0 Å². The molecule has 0 amide bonds. The molecule has 6 nitrogen and oxygen atoms in total. The van der Waals surface area contributed by atoms with Gasteiger partial charge in [-0.05, 0) is 73.6 Å². The molecule has 8 heteroatoms. The van der Waals surface area contributed by atoms with E-state index in [2.05, 4.69) is 9.97 Å². The molecule has 0 unspecified atom stereocenters. The third kappa shape index (κ3) is 5.42. The third-order valence-corrected chi connectivity index (χ3v) is 7.54. The summed E-state index contributed by atoms with van der Waals surface area (Å²) in [6, 6.07) is 15.9. The minimum Gasteiger partial charge on any atom is -0.427 e. The molecule has 0 aliphatic carbocycles. The zero-order valence-corrected chi connectivity index (χ0v) is 22.5. The lowest BCUT2D eigenvalue weighted by molar-refractivity contribution is -0.0893. The highest BCUT2D eigenvalue weighted by molar-refractivity contribution is 6.62. The summed E-state index contributed by atoms with van der Waals surface area (Å²) in [6.45, 7) is 15.4. The van der Waals surface area contributed by atoms with Crippen molar-refractivity contribution in [2.75, 3.05) is 0 Å². The van der Waals surface area contributed by atoms with Gasteiger partial charge in [0, 0.05) is 29.0 Å². The number of aliphatic hydroxyl groups is 1. The Morgan fingerprint density at radius 3 is 2.03 bits per heavy atom. The van der Waals surface area contributed by atoms with E-state index in [0.717, 1.165) is 33.4 Å². The molecule has 1 N–H and O–H groups in total. The molecular formula is C28H35B2N2O4. The van der Waals surface area contributed by atoms with E-state index in [1.54, 1.807) is 27.5 Å². The molecule has 1 aliphatic heterocycles. The summed E-state index contributed by atoms with van der Waals surface area (Å²) < 4.78 is 18.1. The summed E-state index contributed by atoms with van der Waals surface area (Å²) in [5.41, 5.74) is 3.02. The zero-order valence-electron chi connectivity index (χ0n) is 22.5. The zero-order chi connectivity index (χ0) is 26.4. The fourth-order valence-corrected chi connectivity index (χ4v) is 3.53. The van der Waals surface area contributed by atoms with Crippen molar-refractivity contribution in [3.8, 4) is 22.5 Å². The van der Waals surface area contributed by atoms with Gasteiger partial charge in [-0.3, -0.25) is 9.97 Å². The van der Waals surface area contributed by atoms with Gasteiger partial charge in [0.1, 0.15) is 0 Å². The van der Waals surface area contributed by atoms with E-state index in [1.165, 1.54) is 0 Å². The molecule has 1 fully saturated rings. The van der Waals surface area contributed by atoms with Crippen LogP contribution in [0.5, 0.6) is 0 Å². The monoisotopic (exact) mass is 485 g/mol. The van der Waals surface area contributed by atoms with Gasteiger partial charge >= 0.3 is 14.6 Å². The molecule has 0 bridgehead atoms. The maximum Gasteiger partial charge on any atom is 0.496 e. The van der Waals surface area contributed by atoms with Gasteiger partial charge in [-0.25, -0.2) is 0 Å². The van der Waals surface area contributed by atoms with E-state index in [1.807, 2.05) is 96.3 Å². The van der Waals surface area contributed by atoms with Gasteiger partial charge < -0.3 is 19.1 Å². The van der Waals surface area contributed by atoms with Crippen LogP contribution in [0.4, 0.5) is 0 Å². The lowest BCUT2D eigenvalue weighted by Crippen LogP contribution is -2.49. The summed E-state index contributed by atoms with van der Waals surface area (Å²) >= 11 is 0. The van der Waals surface area contributed by atoms with Gasteiger partial charge in [0.05, 0.1) is 33.8 Å². The van der Waals surface area contributed by atoms with Crippen LogP contribution in [-0.4, -0.2) is 52.1 Å². The lowest BCUT2D eigenvalue weighted by Gasteiger charge is -2.37. The normalized spacial score (nSPS) is 17.3. The number of hydrogen-bond donors (Lipinski definition) is 1. The largest absolute Gasteiger partial charge is 0.496 e. The van der Waals surface area contributed by atoms with Gasteiger partial charge in [-0.15, -0.1) is 0 Å². The van der Waals surface area contributed by atoms with Crippen LogP contribution < -0.4 is 10.9 Å². The molecular weight excluding hydrogens is 450 g/mol. The highest BCUT2D eigenvalue weighted by Crippen LogP contribution is 2.36. The van der Waals surface area contributed by atoms with Crippen molar-refractivity contribution >= 4 is 25.5 Å². The topological polar surface area (TPSA) is 73.7 Å². The van der Waals surface area contributed by atoms with E-state index in [4.69, 9.17) is 14.0 Å². The Labute approximate surface area is 215 Å².